The van der Waals surface area contributed by atoms with E-state index in [0.717, 1.165) is 17.7 Å². The van der Waals surface area contributed by atoms with Gasteiger partial charge in [-0.1, -0.05) is 12.1 Å². The third-order valence-electron chi connectivity index (χ3n) is 3.70. The molecule has 0 spiro atoms. The molecule has 0 aliphatic heterocycles. The van der Waals surface area contributed by atoms with Gasteiger partial charge in [0.15, 0.2) is 0 Å². The number of ether oxygens (including phenoxy) is 1. The van der Waals surface area contributed by atoms with Crippen LogP contribution in [-0.2, 0) is 11.2 Å². The van der Waals surface area contributed by atoms with Crippen molar-refractivity contribution < 1.29 is 9.53 Å². The fraction of sp³-hybridized carbons (Fsp3) is 0.467. The monoisotopic (exact) mass is 243 g/mol. The first kappa shape index (κ1) is 12.6. The molecule has 0 heterocycles. The highest BCUT2D eigenvalue weighted by atomic mass is 16.5. The summed E-state index contributed by atoms with van der Waals surface area (Å²) in [6, 6.07) is 10.2. The molecule has 0 aromatic heterocycles. The topological polar surface area (TPSA) is 50.1 Å². The summed E-state index contributed by atoms with van der Waals surface area (Å²) < 4.78 is 5.12. The van der Waals surface area contributed by atoms with Crippen LogP contribution in [0.15, 0.2) is 24.3 Å². The largest absolute Gasteiger partial charge is 0.497 e. The number of nitrogens with zero attached hydrogens (tertiary/aromatic N) is 1. The number of nitriles is 1. The summed E-state index contributed by atoms with van der Waals surface area (Å²) in [6.45, 7) is 0. The summed E-state index contributed by atoms with van der Waals surface area (Å²) in [7, 11) is 1.64. The second-order valence-corrected chi connectivity index (χ2v) is 4.96. The summed E-state index contributed by atoms with van der Waals surface area (Å²) >= 11 is 0. The normalized spacial score (nSPS) is 18.1. The predicted octanol–water partition coefficient (Wildman–Crippen LogP) is 2.89. The maximum atomic E-state index is 11.3. The van der Waals surface area contributed by atoms with Gasteiger partial charge in [-0.05, 0) is 37.0 Å². The fourth-order valence-corrected chi connectivity index (χ4v) is 2.47. The average Bonchev–Trinajstić information content (AvgIpc) is 2.43. The Morgan fingerprint density at radius 2 is 1.89 bits per heavy atom. The molecule has 0 saturated heterocycles. The Hall–Kier alpha value is -1.82. The Bertz CT molecular complexity index is 460. The van der Waals surface area contributed by atoms with Crippen LogP contribution in [0.1, 0.15) is 31.2 Å². The van der Waals surface area contributed by atoms with Crippen molar-refractivity contribution in [3.05, 3.63) is 29.8 Å². The van der Waals surface area contributed by atoms with Crippen LogP contribution in [0.2, 0.25) is 0 Å². The number of benzene rings is 1. The van der Waals surface area contributed by atoms with E-state index < -0.39 is 0 Å². The molecule has 2 rings (SSSR count). The smallest absolute Gasteiger partial charge is 0.133 e. The molecule has 3 nitrogen and oxygen atoms in total. The number of hydrogen-bond donors (Lipinski definition) is 0. The number of ketones is 1. The summed E-state index contributed by atoms with van der Waals surface area (Å²) in [5.74, 6) is 1.11. The van der Waals surface area contributed by atoms with E-state index in [4.69, 9.17) is 4.74 Å². The standard InChI is InChI=1S/C15H17NO2/c1-18-14-4-2-12(3-5-14)10-15(11-16)8-6-13(17)7-9-15/h2-5H,6-10H2,1H3. The quantitative estimate of drug-likeness (QED) is 0.820. The number of Topliss-reactive ketones (excluding diaryl/α,β-unsaturated/α-hetero) is 1. The highest BCUT2D eigenvalue weighted by molar-refractivity contribution is 5.79. The zero-order chi connectivity index (χ0) is 13.0. The third kappa shape index (κ3) is 2.70. The zero-order valence-corrected chi connectivity index (χ0v) is 10.6. The van der Waals surface area contributed by atoms with Gasteiger partial charge >= 0.3 is 0 Å². The fourth-order valence-electron chi connectivity index (χ4n) is 2.47. The number of hydrogen-bond acceptors (Lipinski definition) is 3. The lowest BCUT2D eigenvalue weighted by molar-refractivity contribution is -0.121. The van der Waals surface area contributed by atoms with Crippen LogP contribution < -0.4 is 4.74 Å². The van der Waals surface area contributed by atoms with Crippen molar-refractivity contribution in [2.24, 2.45) is 5.41 Å². The Morgan fingerprint density at radius 3 is 2.39 bits per heavy atom. The van der Waals surface area contributed by atoms with Gasteiger partial charge in [0.2, 0.25) is 0 Å². The average molecular weight is 243 g/mol. The van der Waals surface area contributed by atoms with E-state index in [2.05, 4.69) is 6.07 Å². The van der Waals surface area contributed by atoms with Crippen molar-refractivity contribution in [2.75, 3.05) is 7.11 Å². The Labute approximate surface area is 107 Å². The first-order valence-electron chi connectivity index (χ1n) is 6.23. The molecule has 3 heteroatoms. The SMILES string of the molecule is COc1ccc(CC2(C#N)CCC(=O)CC2)cc1. The molecule has 1 aliphatic rings. The van der Waals surface area contributed by atoms with Gasteiger partial charge in [0.1, 0.15) is 11.5 Å². The Kier molecular flexibility index (Phi) is 3.66. The first-order chi connectivity index (χ1) is 8.67. The van der Waals surface area contributed by atoms with Gasteiger partial charge in [-0.2, -0.15) is 5.26 Å². The van der Waals surface area contributed by atoms with Gasteiger partial charge in [-0.25, -0.2) is 0 Å². The molecule has 94 valence electrons. The van der Waals surface area contributed by atoms with Crippen molar-refractivity contribution in [3.8, 4) is 11.8 Å². The van der Waals surface area contributed by atoms with Crippen LogP contribution in [-0.4, -0.2) is 12.9 Å². The molecular formula is C15H17NO2. The van der Waals surface area contributed by atoms with Crippen LogP contribution in [0, 0.1) is 16.7 Å². The molecule has 1 aliphatic carbocycles. The molecule has 0 radical (unpaired) electrons. The highest BCUT2D eigenvalue weighted by Crippen LogP contribution is 2.37. The number of rotatable bonds is 3. The van der Waals surface area contributed by atoms with E-state index in [-0.39, 0.29) is 11.2 Å². The van der Waals surface area contributed by atoms with Crippen LogP contribution in [0.5, 0.6) is 5.75 Å². The second-order valence-electron chi connectivity index (χ2n) is 4.96. The van der Waals surface area contributed by atoms with E-state index in [1.54, 1.807) is 7.11 Å². The van der Waals surface area contributed by atoms with Gasteiger partial charge in [0.25, 0.3) is 0 Å². The molecule has 0 atom stereocenters. The van der Waals surface area contributed by atoms with E-state index in [9.17, 15) is 10.1 Å². The van der Waals surface area contributed by atoms with Crippen LogP contribution in [0.4, 0.5) is 0 Å². The van der Waals surface area contributed by atoms with Gasteiger partial charge in [-0.15, -0.1) is 0 Å². The minimum atomic E-state index is -0.359. The van der Waals surface area contributed by atoms with Gasteiger partial charge < -0.3 is 4.74 Å². The highest BCUT2D eigenvalue weighted by Gasteiger charge is 2.34. The van der Waals surface area contributed by atoms with Gasteiger partial charge in [-0.3, -0.25) is 4.79 Å². The molecule has 18 heavy (non-hydrogen) atoms. The Morgan fingerprint density at radius 1 is 1.28 bits per heavy atom. The molecule has 0 unspecified atom stereocenters. The van der Waals surface area contributed by atoms with Crippen molar-refractivity contribution in [1.29, 1.82) is 5.26 Å². The summed E-state index contributed by atoms with van der Waals surface area (Å²) in [5, 5.41) is 9.40. The van der Waals surface area contributed by atoms with Crippen molar-refractivity contribution >= 4 is 5.78 Å². The summed E-state index contributed by atoms with van der Waals surface area (Å²) in [6.07, 6.45) is 3.19. The molecule has 0 bridgehead atoms. The van der Waals surface area contributed by atoms with Crippen LogP contribution in [0.3, 0.4) is 0 Å². The minimum Gasteiger partial charge on any atom is -0.497 e. The number of carbonyl (C=O) groups excluding carboxylic acids is 1. The van der Waals surface area contributed by atoms with Crippen LogP contribution in [0.25, 0.3) is 0 Å². The van der Waals surface area contributed by atoms with E-state index in [1.807, 2.05) is 24.3 Å². The Balaban J connectivity index is 2.10. The van der Waals surface area contributed by atoms with E-state index in [0.29, 0.717) is 25.7 Å². The van der Waals surface area contributed by atoms with E-state index >= 15 is 0 Å². The van der Waals surface area contributed by atoms with Crippen molar-refractivity contribution in [3.63, 3.8) is 0 Å². The number of carbonyl (C=O) groups is 1. The van der Waals surface area contributed by atoms with Gasteiger partial charge in [0.05, 0.1) is 18.6 Å². The lowest BCUT2D eigenvalue weighted by Crippen LogP contribution is -2.28. The number of methoxy groups -OCH3 is 1. The lowest BCUT2D eigenvalue weighted by Gasteiger charge is -2.30. The van der Waals surface area contributed by atoms with Crippen LogP contribution >= 0.6 is 0 Å². The summed E-state index contributed by atoms with van der Waals surface area (Å²) in [5.41, 5.74) is 0.773. The molecule has 0 N–H and O–H groups in total. The second kappa shape index (κ2) is 5.22. The molecule has 0 amide bonds. The van der Waals surface area contributed by atoms with E-state index in [1.165, 1.54) is 0 Å². The zero-order valence-electron chi connectivity index (χ0n) is 10.6. The lowest BCUT2D eigenvalue weighted by atomic mass is 9.71. The van der Waals surface area contributed by atoms with Crippen molar-refractivity contribution in [1.82, 2.24) is 0 Å². The van der Waals surface area contributed by atoms with Crippen molar-refractivity contribution in [2.45, 2.75) is 32.1 Å². The maximum Gasteiger partial charge on any atom is 0.133 e. The first-order valence-corrected chi connectivity index (χ1v) is 6.23. The summed E-state index contributed by atoms with van der Waals surface area (Å²) in [4.78, 5) is 11.3. The molecule has 1 saturated carbocycles. The molecule has 1 fully saturated rings. The predicted molar refractivity (Wildman–Crippen MR) is 68.2 cm³/mol. The molecule has 1 aromatic rings. The third-order valence-corrected chi connectivity index (χ3v) is 3.70. The van der Waals surface area contributed by atoms with Gasteiger partial charge in [0, 0.05) is 12.8 Å². The maximum absolute atomic E-state index is 11.3. The molecule has 1 aromatic carbocycles. The molecular weight excluding hydrogens is 226 g/mol. The minimum absolute atomic E-state index is 0.288.